The van der Waals surface area contributed by atoms with Crippen LogP contribution in [0.25, 0.3) is 0 Å². The van der Waals surface area contributed by atoms with Crippen molar-refractivity contribution >= 4 is 56.3 Å². The molecule has 4 aromatic rings. The van der Waals surface area contributed by atoms with Crippen LogP contribution < -0.4 is 14.9 Å². The largest absolute Gasteiger partial charge is 0.369 e. The number of hydrogen-bond donors (Lipinski definition) is 2. The number of para-hydroxylation sites is 1. The molecule has 12 heteroatoms. The lowest BCUT2D eigenvalue weighted by atomic mass is 10.0. The van der Waals surface area contributed by atoms with E-state index in [1.54, 1.807) is 24.5 Å². The van der Waals surface area contributed by atoms with Crippen molar-refractivity contribution in [2.75, 3.05) is 48.9 Å². The Labute approximate surface area is 266 Å². The zero-order chi connectivity index (χ0) is 31.1. The van der Waals surface area contributed by atoms with Gasteiger partial charge in [0.25, 0.3) is 15.9 Å². The Morgan fingerprint density at radius 2 is 1.55 bits per heavy atom. The average molecular weight is 653 g/mol. The van der Waals surface area contributed by atoms with Gasteiger partial charge in [0.05, 0.1) is 15.6 Å². The second kappa shape index (κ2) is 14.2. The normalized spacial score (nSPS) is 13.8. The van der Waals surface area contributed by atoms with E-state index in [9.17, 15) is 18.0 Å². The highest BCUT2D eigenvalue weighted by Gasteiger charge is 2.22. The topological polar surface area (TPSA) is 112 Å². The second-order valence-corrected chi connectivity index (χ2v) is 12.8. The molecule has 1 aromatic heterocycles. The first-order valence-electron chi connectivity index (χ1n) is 14.1. The number of hydrogen-bond acceptors (Lipinski definition) is 7. The van der Waals surface area contributed by atoms with Gasteiger partial charge in [-0.3, -0.25) is 24.2 Å². The molecule has 2 heterocycles. The lowest BCUT2D eigenvalue weighted by molar-refractivity contribution is 0.0950. The number of rotatable bonds is 11. The van der Waals surface area contributed by atoms with Crippen LogP contribution in [0.4, 0.5) is 11.4 Å². The minimum atomic E-state index is -4.07. The number of nitrogens with zero attached hydrogens (tertiary/aromatic N) is 3. The molecule has 3 aromatic carbocycles. The summed E-state index contributed by atoms with van der Waals surface area (Å²) < 4.78 is 28.9. The highest BCUT2D eigenvalue weighted by Crippen LogP contribution is 2.28. The van der Waals surface area contributed by atoms with E-state index in [-0.39, 0.29) is 32.6 Å². The number of carbonyl (C=O) groups excluding carboxylic acids is 2. The van der Waals surface area contributed by atoms with E-state index in [1.165, 1.54) is 60.3 Å². The van der Waals surface area contributed by atoms with Gasteiger partial charge in [-0.1, -0.05) is 35.3 Å². The molecule has 228 valence electrons. The number of aromatic nitrogens is 1. The molecule has 9 nitrogen and oxygen atoms in total. The highest BCUT2D eigenvalue weighted by atomic mass is 35.5. The van der Waals surface area contributed by atoms with Gasteiger partial charge in [0.1, 0.15) is 0 Å². The number of halogens is 2. The quantitative estimate of drug-likeness (QED) is 0.166. The summed E-state index contributed by atoms with van der Waals surface area (Å²) in [5.74, 6) is -0.732. The van der Waals surface area contributed by atoms with Gasteiger partial charge in [-0.15, -0.1) is 0 Å². The molecule has 0 bridgehead atoms. The molecule has 1 aliphatic heterocycles. The van der Waals surface area contributed by atoms with E-state index >= 15 is 0 Å². The SMILES string of the molecule is O=C(NCCCN1CCN(c2ccncc2)CC1)c1ccc(S(=O)(=O)Nc2ccccc2C(=O)c2ccc(Cl)cc2Cl)cc1. The highest BCUT2D eigenvalue weighted by molar-refractivity contribution is 7.92. The number of anilines is 2. The standard InChI is InChI=1S/C32H31Cl2N5O4S/c33-24-8-11-27(29(34)22-24)31(40)28-4-1-2-5-30(28)37-44(42,43)26-9-6-23(7-10-26)32(41)36-14-3-17-38-18-20-39(21-19-38)25-12-15-35-16-13-25/h1-2,4-13,15-16,22,37H,3,14,17-21H2,(H,36,41). The van der Waals surface area contributed by atoms with Crippen molar-refractivity contribution in [1.82, 2.24) is 15.2 Å². The van der Waals surface area contributed by atoms with E-state index in [2.05, 4.69) is 24.8 Å². The maximum atomic E-state index is 13.2. The summed E-state index contributed by atoms with van der Waals surface area (Å²) in [6.07, 6.45) is 4.41. The van der Waals surface area contributed by atoms with Crippen LogP contribution in [0.3, 0.4) is 0 Å². The van der Waals surface area contributed by atoms with E-state index in [0.717, 1.165) is 39.1 Å². The van der Waals surface area contributed by atoms with Crippen LogP contribution in [0.15, 0.2) is 96.2 Å². The molecule has 0 unspecified atom stereocenters. The Hall–Kier alpha value is -3.96. The van der Waals surface area contributed by atoms with E-state index in [4.69, 9.17) is 23.2 Å². The first kappa shape index (κ1) is 31.5. The molecule has 1 amide bonds. The smallest absolute Gasteiger partial charge is 0.261 e. The number of sulfonamides is 1. The molecule has 0 saturated carbocycles. The first-order valence-corrected chi connectivity index (χ1v) is 16.3. The maximum absolute atomic E-state index is 13.2. The predicted octanol–water partition coefficient (Wildman–Crippen LogP) is 5.36. The molecule has 0 atom stereocenters. The molecule has 1 fully saturated rings. The number of pyridine rings is 1. The van der Waals surface area contributed by atoms with Gasteiger partial charge in [-0.25, -0.2) is 8.42 Å². The summed E-state index contributed by atoms with van der Waals surface area (Å²) >= 11 is 12.2. The van der Waals surface area contributed by atoms with Crippen molar-refractivity contribution in [3.05, 3.63) is 118 Å². The summed E-state index contributed by atoms with van der Waals surface area (Å²) in [4.78, 5) is 34.6. The third-order valence-electron chi connectivity index (χ3n) is 7.36. The fraction of sp³-hybridized carbons (Fsp3) is 0.219. The molecular weight excluding hydrogens is 621 g/mol. The van der Waals surface area contributed by atoms with E-state index in [1.807, 2.05) is 12.1 Å². The van der Waals surface area contributed by atoms with Crippen molar-refractivity contribution in [3.8, 4) is 0 Å². The van der Waals surface area contributed by atoms with Crippen molar-refractivity contribution in [2.45, 2.75) is 11.3 Å². The third kappa shape index (κ3) is 7.75. The number of amides is 1. The van der Waals surface area contributed by atoms with Crippen LogP contribution in [0.2, 0.25) is 10.0 Å². The van der Waals surface area contributed by atoms with Crippen LogP contribution >= 0.6 is 23.2 Å². The summed E-state index contributed by atoms with van der Waals surface area (Å²) in [5, 5.41) is 3.45. The van der Waals surface area contributed by atoms with E-state index in [0.29, 0.717) is 17.1 Å². The zero-order valence-corrected chi connectivity index (χ0v) is 26.1. The van der Waals surface area contributed by atoms with Gasteiger partial charge < -0.3 is 10.2 Å². The van der Waals surface area contributed by atoms with Crippen LogP contribution in [0.1, 0.15) is 32.7 Å². The minimum absolute atomic E-state index is 0.0493. The molecule has 2 N–H and O–H groups in total. The summed E-state index contributed by atoms with van der Waals surface area (Å²) in [5.41, 5.74) is 1.96. The third-order valence-corrected chi connectivity index (χ3v) is 9.28. The fourth-order valence-electron chi connectivity index (χ4n) is 4.97. The molecule has 0 spiro atoms. The van der Waals surface area contributed by atoms with Crippen LogP contribution in [-0.2, 0) is 10.0 Å². The predicted molar refractivity (Wildman–Crippen MR) is 173 cm³/mol. The van der Waals surface area contributed by atoms with Crippen LogP contribution in [-0.4, -0.2) is 69.3 Å². The Morgan fingerprint density at radius 3 is 2.25 bits per heavy atom. The zero-order valence-electron chi connectivity index (χ0n) is 23.7. The lowest BCUT2D eigenvalue weighted by Crippen LogP contribution is -2.47. The Morgan fingerprint density at radius 1 is 0.841 bits per heavy atom. The maximum Gasteiger partial charge on any atom is 0.261 e. The summed E-state index contributed by atoms with van der Waals surface area (Å²) in [7, 11) is -4.07. The lowest BCUT2D eigenvalue weighted by Gasteiger charge is -2.36. The molecule has 0 aliphatic carbocycles. The molecule has 1 aliphatic rings. The van der Waals surface area contributed by atoms with Gasteiger partial charge >= 0.3 is 0 Å². The average Bonchev–Trinajstić information content (AvgIpc) is 3.03. The van der Waals surface area contributed by atoms with E-state index < -0.39 is 15.8 Å². The first-order chi connectivity index (χ1) is 21.2. The second-order valence-electron chi connectivity index (χ2n) is 10.3. The number of ketones is 1. The van der Waals surface area contributed by atoms with Crippen LogP contribution in [0.5, 0.6) is 0 Å². The number of benzene rings is 3. The van der Waals surface area contributed by atoms with Gasteiger partial charge in [-0.2, -0.15) is 0 Å². The van der Waals surface area contributed by atoms with Crippen molar-refractivity contribution < 1.29 is 18.0 Å². The van der Waals surface area contributed by atoms with Gasteiger partial charge in [0.2, 0.25) is 0 Å². The Kier molecular flexibility index (Phi) is 10.2. The number of piperazine rings is 1. The minimum Gasteiger partial charge on any atom is -0.369 e. The van der Waals surface area contributed by atoms with Crippen molar-refractivity contribution in [1.29, 1.82) is 0 Å². The van der Waals surface area contributed by atoms with Crippen molar-refractivity contribution in [2.24, 2.45) is 0 Å². The Balaban J connectivity index is 1.13. The summed E-state index contributed by atoms with van der Waals surface area (Å²) in [6.45, 7) is 5.18. The van der Waals surface area contributed by atoms with Crippen LogP contribution in [0, 0.1) is 0 Å². The molecule has 44 heavy (non-hydrogen) atoms. The number of nitrogens with one attached hydrogen (secondary N) is 2. The monoisotopic (exact) mass is 651 g/mol. The van der Waals surface area contributed by atoms with Gasteiger partial charge in [-0.05, 0) is 79.7 Å². The molecule has 0 radical (unpaired) electrons. The number of carbonyl (C=O) groups is 2. The molecule has 5 rings (SSSR count). The van der Waals surface area contributed by atoms with Gasteiger partial charge in [0.15, 0.2) is 5.78 Å². The van der Waals surface area contributed by atoms with Crippen molar-refractivity contribution in [3.63, 3.8) is 0 Å². The summed E-state index contributed by atoms with van der Waals surface area (Å²) in [6, 6.07) is 20.4. The fourth-order valence-corrected chi connectivity index (χ4v) is 6.54. The van der Waals surface area contributed by atoms with Gasteiger partial charge in [0, 0.05) is 72.5 Å². The molecule has 1 saturated heterocycles. The molecular formula is C32H31Cl2N5O4S. The Bertz CT molecular complexity index is 1730.